The van der Waals surface area contributed by atoms with Gasteiger partial charge in [-0.05, 0) is 55.3 Å². The average molecular weight is 485 g/mol. The van der Waals surface area contributed by atoms with Crippen LogP contribution in [-0.4, -0.2) is 33.4 Å². The molecule has 1 unspecified atom stereocenters. The third-order valence-electron chi connectivity index (χ3n) is 4.95. The number of hydrogen-bond donors (Lipinski definition) is 1. The number of pyridine rings is 1. The number of nitrogens with one attached hydrogen (secondary N) is 1. The number of methoxy groups -OCH3 is 1. The number of ether oxygens (including phenoxy) is 1. The topological polar surface area (TPSA) is 68.5 Å². The lowest BCUT2D eigenvalue weighted by Crippen LogP contribution is -2.28. The first-order valence-electron chi connectivity index (χ1n) is 9.46. The largest absolute Gasteiger partial charge is 0.497 e. The molecule has 6 nitrogen and oxygen atoms in total. The van der Waals surface area contributed by atoms with Gasteiger partial charge in [0.1, 0.15) is 5.75 Å². The molecule has 154 valence electrons. The molecule has 0 aliphatic rings. The second-order valence-corrected chi connectivity index (χ2v) is 8.87. The van der Waals surface area contributed by atoms with E-state index in [4.69, 9.17) is 4.74 Å². The molecule has 0 saturated carbocycles. The molecule has 0 spiro atoms. The normalized spacial score (nSPS) is 12.3. The molecule has 0 aliphatic carbocycles. The molecule has 1 amide bonds. The molecule has 4 aromatic rings. The molecular formula is C22H21BrN4O2S. The highest BCUT2D eigenvalue weighted by atomic mass is 79.9. The maximum Gasteiger partial charge on any atom is 0.230 e. The van der Waals surface area contributed by atoms with Crippen molar-refractivity contribution in [2.75, 3.05) is 12.9 Å². The fourth-order valence-electron chi connectivity index (χ4n) is 3.37. The molecule has 0 bridgehead atoms. The van der Waals surface area contributed by atoms with E-state index >= 15 is 0 Å². The van der Waals surface area contributed by atoms with Gasteiger partial charge in [0, 0.05) is 15.9 Å². The van der Waals surface area contributed by atoms with Crippen LogP contribution in [0.4, 0.5) is 0 Å². The second-order valence-electron chi connectivity index (χ2n) is 7.02. The third-order valence-corrected chi connectivity index (χ3v) is 6.41. The first-order valence-corrected chi connectivity index (χ1v) is 11.2. The number of aromatic nitrogens is 3. The third kappa shape index (κ3) is 4.15. The van der Waals surface area contributed by atoms with Crippen molar-refractivity contribution >= 4 is 50.1 Å². The summed E-state index contributed by atoms with van der Waals surface area (Å²) in [6.07, 6.45) is 0. The van der Waals surface area contributed by atoms with Gasteiger partial charge in [0.25, 0.3) is 0 Å². The van der Waals surface area contributed by atoms with Crippen LogP contribution in [0.2, 0.25) is 0 Å². The van der Waals surface area contributed by atoms with Gasteiger partial charge >= 0.3 is 0 Å². The van der Waals surface area contributed by atoms with Crippen molar-refractivity contribution in [2.24, 2.45) is 0 Å². The van der Waals surface area contributed by atoms with Gasteiger partial charge in [-0.1, -0.05) is 39.8 Å². The molecule has 8 heteroatoms. The first kappa shape index (κ1) is 20.7. The minimum absolute atomic E-state index is 0.0545. The molecule has 2 aromatic heterocycles. The predicted molar refractivity (Wildman–Crippen MR) is 123 cm³/mol. The van der Waals surface area contributed by atoms with Crippen molar-refractivity contribution in [1.29, 1.82) is 0 Å². The number of amides is 1. The SMILES string of the molecule is COc1ccc2c(C)cc3nnc(SCC(=O)NC(C)c4ccc(Br)cc4)n3c2c1. The van der Waals surface area contributed by atoms with Crippen LogP contribution in [0.3, 0.4) is 0 Å². The van der Waals surface area contributed by atoms with E-state index in [-0.39, 0.29) is 17.7 Å². The van der Waals surface area contributed by atoms with E-state index in [2.05, 4.69) is 31.4 Å². The monoisotopic (exact) mass is 484 g/mol. The quantitative estimate of drug-likeness (QED) is 0.392. The molecular weight excluding hydrogens is 464 g/mol. The number of aryl methyl sites for hydroxylation is 1. The van der Waals surface area contributed by atoms with Gasteiger partial charge in [-0.15, -0.1) is 10.2 Å². The Balaban J connectivity index is 1.54. The molecule has 4 rings (SSSR count). The number of halogens is 1. The number of carbonyl (C=O) groups is 1. The molecule has 1 N–H and O–H groups in total. The summed E-state index contributed by atoms with van der Waals surface area (Å²) in [7, 11) is 1.65. The lowest BCUT2D eigenvalue weighted by molar-refractivity contribution is -0.119. The number of benzene rings is 2. The van der Waals surface area contributed by atoms with Crippen LogP contribution in [-0.2, 0) is 4.79 Å². The summed E-state index contributed by atoms with van der Waals surface area (Å²) in [6.45, 7) is 4.02. The van der Waals surface area contributed by atoms with E-state index < -0.39 is 0 Å². The van der Waals surface area contributed by atoms with Crippen LogP contribution in [0.15, 0.2) is 58.2 Å². The predicted octanol–water partition coefficient (Wildman–Crippen LogP) is 4.93. The molecule has 0 fully saturated rings. The summed E-state index contributed by atoms with van der Waals surface area (Å²) >= 11 is 4.80. The highest BCUT2D eigenvalue weighted by molar-refractivity contribution is 9.10. The van der Waals surface area contributed by atoms with Crippen LogP contribution >= 0.6 is 27.7 Å². The van der Waals surface area contributed by atoms with E-state index in [1.54, 1.807) is 7.11 Å². The van der Waals surface area contributed by atoms with E-state index in [0.717, 1.165) is 37.9 Å². The van der Waals surface area contributed by atoms with Crippen molar-refractivity contribution < 1.29 is 9.53 Å². The molecule has 0 saturated heterocycles. The van der Waals surface area contributed by atoms with Gasteiger partial charge in [0.15, 0.2) is 10.8 Å². The Hall–Kier alpha value is -2.58. The average Bonchev–Trinajstić information content (AvgIpc) is 3.15. The summed E-state index contributed by atoms with van der Waals surface area (Å²) in [5.74, 6) is 0.961. The fourth-order valence-corrected chi connectivity index (χ4v) is 4.40. The van der Waals surface area contributed by atoms with E-state index in [1.807, 2.05) is 66.8 Å². The molecule has 0 radical (unpaired) electrons. The van der Waals surface area contributed by atoms with Gasteiger partial charge in [-0.2, -0.15) is 0 Å². The number of rotatable bonds is 6. The summed E-state index contributed by atoms with van der Waals surface area (Å²) in [6, 6.07) is 15.8. The Morgan fingerprint density at radius 1 is 1.20 bits per heavy atom. The zero-order chi connectivity index (χ0) is 21.3. The van der Waals surface area contributed by atoms with Crippen molar-refractivity contribution in [2.45, 2.75) is 25.0 Å². The molecule has 2 heterocycles. The number of hydrogen-bond acceptors (Lipinski definition) is 5. The summed E-state index contributed by atoms with van der Waals surface area (Å²) < 4.78 is 8.38. The van der Waals surface area contributed by atoms with Gasteiger partial charge in [-0.25, -0.2) is 0 Å². The van der Waals surface area contributed by atoms with Gasteiger partial charge < -0.3 is 10.1 Å². The highest BCUT2D eigenvalue weighted by Gasteiger charge is 2.15. The van der Waals surface area contributed by atoms with Crippen LogP contribution in [0.25, 0.3) is 16.6 Å². The molecule has 1 atom stereocenters. The van der Waals surface area contributed by atoms with Gasteiger partial charge in [0.05, 0.1) is 24.4 Å². The van der Waals surface area contributed by atoms with Gasteiger partial charge in [-0.3, -0.25) is 9.20 Å². The van der Waals surface area contributed by atoms with Crippen molar-refractivity contribution in [3.63, 3.8) is 0 Å². The standard InChI is InChI=1S/C22H21BrN4O2S/c1-13-10-20-25-26-22(27(20)19-11-17(29-3)8-9-18(13)19)30-12-21(28)24-14(2)15-4-6-16(23)7-5-15/h4-11,14H,12H2,1-3H3,(H,24,28). The fraction of sp³-hybridized carbons (Fsp3) is 0.227. The number of fused-ring (bicyclic) bond motifs is 3. The maximum atomic E-state index is 12.5. The Kier molecular flexibility index (Phi) is 5.97. The van der Waals surface area contributed by atoms with E-state index in [1.165, 1.54) is 11.8 Å². The van der Waals surface area contributed by atoms with Crippen molar-refractivity contribution in [3.05, 3.63) is 64.1 Å². The van der Waals surface area contributed by atoms with Crippen LogP contribution in [0, 0.1) is 6.92 Å². The van der Waals surface area contributed by atoms with Gasteiger partial charge in [0.2, 0.25) is 5.91 Å². The van der Waals surface area contributed by atoms with Crippen LogP contribution < -0.4 is 10.1 Å². The Labute approximate surface area is 187 Å². The molecule has 0 aliphatic heterocycles. The number of nitrogens with zero attached hydrogens (tertiary/aromatic N) is 3. The summed E-state index contributed by atoms with van der Waals surface area (Å²) in [5, 5.41) is 13.4. The Bertz CT molecular complexity index is 1220. The number of thioether (sulfide) groups is 1. The van der Waals surface area contributed by atoms with E-state index in [9.17, 15) is 4.79 Å². The lowest BCUT2D eigenvalue weighted by atomic mass is 10.1. The zero-order valence-electron chi connectivity index (χ0n) is 16.8. The second kappa shape index (κ2) is 8.65. The smallest absolute Gasteiger partial charge is 0.230 e. The first-order chi connectivity index (χ1) is 14.5. The lowest BCUT2D eigenvalue weighted by Gasteiger charge is -2.14. The van der Waals surface area contributed by atoms with Crippen LogP contribution in [0.5, 0.6) is 5.75 Å². The molecule has 2 aromatic carbocycles. The maximum absolute atomic E-state index is 12.5. The minimum atomic E-state index is -0.0749. The van der Waals surface area contributed by atoms with Crippen molar-refractivity contribution in [3.8, 4) is 5.75 Å². The highest BCUT2D eigenvalue weighted by Crippen LogP contribution is 2.28. The number of carbonyl (C=O) groups excluding carboxylic acids is 1. The summed E-state index contributed by atoms with van der Waals surface area (Å²) in [4.78, 5) is 12.5. The zero-order valence-corrected chi connectivity index (χ0v) is 19.3. The molecule has 30 heavy (non-hydrogen) atoms. The Morgan fingerprint density at radius 2 is 1.97 bits per heavy atom. The Morgan fingerprint density at radius 3 is 2.70 bits per heavy atom. The van der Waals surface area contributed by atoms with Crippen LogP contribution in [0.1, 0.15) is 24.1 Å². The summed E-state index contributed by atoms with van der Waals surface area (Å²) in [5.41, 5.74) is 3.88. The van der Waals surface area contributed by atoms with Crippen molar-refractivity contribution in [1.82, 2.24) is 19.9 Å². The minimum Gasteiger partial charge on any atom is -0.497 e. The van der Waals surface area contributed by atoms with E-state index in [0.29, 0.717) is 5.16 Å².